The SMILES string of the molecule is CN(C)CCCCC(CCCCCCCCCOC1CCCCO1)CCCCCCCCCOC1CCCCO1. The molecule has 2 fully saturated rings. The first-order valence-corrected chi connectivity index (χ1v) is 17.8. The fraction of sp³-hybridized carbons (Fsp3) is 1.00. The second kappa shape index (κ2) is 26.4. The molecule has 2 aliphatic rings. The Hall–Kier alpha value is -0.200. The highest BCUT2D eigenvalue weighted by Crippen LogP contribution is 2.24. The van der Waals surface area contributed by atoms with E-state index < -0.39 is 0 Å². The van der Waals surface area contributed by atoms with Gasteiger partial charge in [-0.1, -0.05) is 103 Å². The molecule has 0 aromatic carbocycles. The molecule has 0 saturated carbocycles. The van der Waals surface area contributed by atoms with Crippen LogP contribution in [0.2, 0.25) is 0 Å². The van der Waals surface area contributed by atoms with Crippen molar-refractivity contribution in [3.8, 4) is 0 Å². The van der Waals surface area contributed by atoms with Gasteiger partial charge in [-0.3, -0.25) is 0 Å². The lowest BCUT2D eigenvalue weighted by atomic mass is 9.90. The molecule has 0 aromatic rings. The molecule has 0 radical (unpaired) electrons. The van der Waals surface area contributed by atoms with Gasteiger partial charge in [-0.25, -0.2) is 0 Å². The number of hydrogen-bond donors (Lipinski definition) is 0. The Kier molecular flexibility index (Phi) is 23.8. The molecule has 0 aliphatic carbocycles. The van der Waals surface area contributed by atoms with E-state index in [-0.39, 0.29) is 12.6 Å². The molecule has 2 atom stereocenters. The van der Waals surface area contributed by atoms with Crippen molar-refractivity contribution >= 4 is 0 Å². The number of rotatable bonds is 27. The predicted octanol–water partition coefficient (Wildman–Crippen LogP) is 9.66. The molecule has 5 nitrogen and oxygen atoms in total. The van der Waals surface area contributed by atoms with Crippen LogP contribution < -0.4 is 0 Å². The molecule has 0 spiro atoms. The topological polar surface area (TPSA) is 40.2 Å². The predicted molar refractivity (Wildman–Crippen MR) is 169 cm³/mol. The van der Waals surface area contributed by atoms with E-state index in [0.717, 1.165) is 45.2 Å². The van der Waals surface area contributed by atoms with Crippen molar-refractivity contribution in [3.63, 3.8) is 0 Å². The van der Waals surface area contributed by atoms with E-state index in [1.807, 2.05) is 0 Å². The quantitative estimate of drug-likeness (QED) is 0.0924. The summed E-state index contributed by atoms with van der Waals surface area (Å²) >= 11 is 0. The molecule has 5 heteroatoms. The fourth-order valence-electron chi connectivity index (χ4n) is 6.25. The summed E-state index contributed by atoms with van der Waals surface area (Å²) in [5.41, 5.74) is 0. The molecule has 238 valence electrons. The summed E-state index contributed by atoms with van der Waals surface area (Å²) in [6.07, 6.45) is 33.5. The minimum atomic E-state index is 0.0850. The highest BCUT2D eigenvalue weighted by atomic mass is 16.7. The van der Waals surface area contributed by atoms with E-state index in [2.05, 4.69) is 19.0 Å². The van der Waals surface area contributed by atoms with Gasteiger partial charge in [-0.2, -0.15) is 0 Å². The maximum atomic E-state index is 5.87. The van der Waals surface area contributed by atoms with E-state index in [1.165, 1.54) is 154 Å². The smallest absolute Gasteiger partial charge is 0.157 e. The van der Waals surface area contributed by atoms with Crippen LogP contribution in [0.3, 0.4) is 0 Å². The molecule has 2 heterocycles. The van der Waals surface area contributed by atoms with Crippen molar-refractivity contribution in [2.75, 3.05) is 47.1 Å². The Morgan fingerprint density at radius 1 is 0.525 bits per heavy atom. The van der Waals surface area contributed by atoms with Crippen LogP contribution in [-0.4, -0.2) is 64.5 Å². The molecule has 2 saturated heterocycles. The van der Waals surface area contributed by atoms with Gasteiger partial charge in [0.1, 0.15) is 0 Å². The monoisotopic (exact) mass is 568 g/mol. The summed E-state index contributed by atoms with van der Waals surface area (Å²) in [7, 11) is 4.40. The Morgan fingerprint density at radius 2 is 0.925 bits per heavy atom. The summed E-state index contributed by atoms with van der Waals surface area (Å²) in [4.78, 5) is 2.33. The molecule has 2 rings (SSSR count). The van der Waals surface area contributed by atoms with Crippen LogP contribution in [-0.2, 0) is 18.9 Å². The van der Waals surface area contributed by atoms with Crippen LogP contribution in [0, 0.1) is 5.92 Å². The number of unbranched alkanes of at least 4 members (excludes halogenated alkanes) is 13. The lowest BCUT2D eigenvalue weighted by molar-refractivity contribution is -0.163. The van der Waals surface area contributed by atoms with Gasteiger partial charge < -0.3 is 23.8 Å². The average Bonchev–Trinajstić information content (AvgIpc) is 2.97. The van der Waals surface area contributed by atoms with Crippen molar-refractivity contribution in [3.05, 3.63) is 0 Å². The van der Waals surface area contributed by atoms with E-state index in [4.69, 9.17) is 18.9 Å². The largest absolute Gasteiger partial charge is 0.353 e. The highest BCUT2D eigenvalue weighted by Gasteiger charge is 2.14. The number of hydrogen-bond acceptors (Lipinski definition) is 5. The van der Waals surface area contributed by atoms with Crippen molar-refractivity contribution in [2.45, 2.75) is 173 Å². The summed E-state index contributed by atoms with van der Waals surface area (Å²) in [5, 5.41) is 0. The van der Waals surface area contributed by atoms with Crippen LogP contribution >= 0.6 is 0 Å². The molecule has 2 unspecified atom stereocenters. The van der Waals surface area contributed by atoms with Crippen LogP contribution in [0.1, 0.15) is 161 Å². The maximum Gasteiger partial charge on any atom is 0.157 e. The van der Waals surface area contributed by atoms with Crippen molar-refractivity contribution in [1.82, 2.24) is 4.90 Å². The van der Waals surface area contributed by atoms with Crippen LogP contribution in [0.15, 0.2) is 0 Å². The standard InChI is InChI=1S/C35H69NO4/c1-36(2)28-18-15-25-33(23-13-9-5-3-7-11-19-29-37-34-26-16-21-31-39-34)24-14-10-6-4-8-12-20-30-38-35-27-17-22-32-40-35/h33-35H,3-32H2,1-2H3. The van der Waals surface area contributed by atoms with Gasteiger partial charge in [0.05, 0.1) is 0 Å². The minimum Gasteiger partial charge on any atom is -0.353 e. The Labute approximate surface area is 249 Å². The van der Waals surface area contributed by atoms with Gasteiger partial charge in [-0.15, -0.1) is 0 Å². The molecule has 0 amide bonds. The van der Waals surface area contributed by atoms with E-state index in [0.29, 0.717) is 0 Å². The molecule has 0 bridgehead atoms. The summed E-state index contributed by atoms with van der Waals surface area (Å²) in [5.74, 6) is 0.959. The number of ether oxygens (including phenoxy) is 4. The lowest BCUT2D eigenvalue weighted by Gasteiger charge is -2.22. The summed E-state index contributed by atoms with van der Waals surface area (Å²) in [6.45, 7) is 4.77. The third-order valence-corrected chi connectivity index (χ3v) is 8.86. The minimum absolute atomic E-state index is 0.0850. The molecular formula is C35H69NO4. The van der Waals surface area contributed by atoms with Gasteiger partial charge in [0.15, 0.2) is 12.6 Å². The van der Waals surface area contributed by atoms with E-state index >= 15 is 0 Å². The first-order valence-electron chi connectivity index (χ1n) is 17.8. The number of nitrogens with zero attached hydrogens (tertiary/aromatic N) is 1. The van der Waals surface area contributed by atoms with Gasteiger partial charge >= 0.3 is 0 Å². The molecule has 40 heavy (non-hydrogen) atoms. The normalized spacial score (nSPS) is 20.8. The Morgan fingerprint density at radius 3 is 1.32 bits per heavy atom. The van der Waals surface area contributed by atoms with Gasteiger partial charge in [0, 0.05) is 26.4 Å². The first-order chi connectivity index (χ1) is 19.7. The van der Waals surface area contributed by atoms with Crippen LogP contribution in [0.5, 0.6) is 0 Å². The Bertz CT molecular complexity index is 482. The fourth-order valence-corrected chi connectivity index (χ4v) is 6.25. The zero-order chi connectivity index (χ0) is 28.4. The maximum absolute atomic E-state index is 5.87. The van der Waals surface area contributed by atoms with Gasteiger partial charge in [0.2, 0.25) is 0 Å². The second-order valence-electron chi connectivity index (χ2n) is 13.0. The van der Waals surface area contributed by atoms with Gasteiger partial charge in [-0.05, 0) is 84.3 Å². The van der Waals surface area contributed by atoms with Crippen LogP contribution in [0.25, 0.3) is 0 Å². The Balaban J connectivity index is 1.40. The lowest BCUT2D eigenvalue weighted by Crippen LogP contribution is -2.22. The first kappa shape index (κ1) is 36.0. The van der Waals surface area contributed by atoms with Crippen molar-refractivity contribution in [1.29, 1.82) is 0 Å². The highest BCUT2D eigenvalue weighted by molar-refractivity contribution is 4.63. The van der Waals surface area contributed by atoms with Crippen molar-refractivity contribution < 1.29 is 18.9 Å². The third kappa shape index (κ3) is 21.5. The second-order valence-corrected chi connectivity index (χ2v) is 13.0. The molecule has 2 aliphatic heterocycles. The van der Waals surface area contributed by atoms with Crippen LogP contribution in [0.4, 0.5) is 0 Å². The van der Waals surface area contributed by atoms with E-state index in [1.54, 1.807) is 0 Å². The zero-order valence-electron chi connectivity index (χ0n) is 27.0. The van der Waals surface area contributed by atoms with Gasteiger partial charge in [0.25, 0.3) is 0 Å². The summed E-state index contributed by atoms with van der Waals surface area (Å²) in [6, 6.07) is 0. The average molecular weight is 568 g/mol. The summed E-state index contributed by atoms with van der Waals surface area (Å²) < 4.78 is 23.0. The molecular weight excluding hydrogens is 498 g/mol. The van der Waals surface area contributed by atoms with Crippen molar-refractivity contribution in [2.24, 2.45) is 5.92 Å². The van der Waals surface area contributed by atoms with E-state index in [9.17, 15) is 0 Å². The third-order valence-electron chi connectivity index (χ3n) is 8.86. The molecule has 0 aromatic heterocycles. The molecule has 0 N–H and O–H groups in total. The zero-order valence-corrected chi connectivity index (χ0v) is 27.0.